The molecular formula is C12H24N2O3. The number of carboxylic acids is 1. The number of rotatable bonds is 9. The minimum atomic E-state index is -0.791. The summed E-state index contributed by atoms with van der Waals surface area (Å²) in [6.45, 7) is 4.51. The van der Waals surface area contributed by atoms with Gasteiger partial charge in [0, 0.05) is 18.9 Å². The molecule has 0 bridgehead atoms. The van der Waals surface area contributed by atoms with Crippen LogP contribution in [0.5, 0.6) is 0 Å². The molecule has 5 heteroatoms. The Hall–Kier alpha value is -1.10. The number of carbonyl (C=O) groups is 2. The van der Waals surface area contributed by atoms with Gasteiger partial charge in [0.2, 0.25) is 5.91 Å². The summed E-state index contributed by atoms with van der Waals surface area (Å²) >= 11 is 0. The lowest BCUT2D eigenvalue weighted by molar-refractivity contribution is -0.137. The Morgan fingerprint density at radius 2 is 1.88 bits per heavy atom. The van der Waals surface area contributed by atoms with Gasteiger partial charge >= 0.3 is 5.97 Å². The van der Waals surface area contributed by atoms with Crippen molar-refractivity contribution in [2.45, 2.75) is 52.0 Å². The van der Waals surface area contributed by atoms with Crippen molar-refractivity contribution in [3.8, 4) is 0 Å². The third-order valence-corrected chi connectivity index (χ3v) is 2.70. The zero-order valence-electron chi connectivity index (χ0n) is 10.7. The molecule has 2 unspecified atom stereocenters. The number of hydrogen-bond acceptors (Lipinski definition) is 3. The normalized spacial score (nSPS) is 14.1. The van der Waals surface area contributed by atoms with E-state index in [1.54, 1.807) is 0 Å². The van der Waals surface area contributed by atoms with Crippen molar-refractivity contribution < 1.29 is 14.7 Å². The first kappa shape index (κ1) is 15.9. The second kappa shape index (κ2) is 8.98. The lowest BCUT2D eigenvalue weighted by Crippen LogP contribution is -2.32. The molecule has 5 nitrogen and oxygen atoms in total. The Morgan fingerprint density at radius 3 is 2.41 bits per heavy atom. The van der Waals surface area contributed by atoms with Crippen LogP contribution < -0.4 is 11.1 Å². The first-order chi connectivity index (χ1) is 7.95. The fraction of sp³-hybridized carbons (Fsp3) is 0.833. The molecule has 0 aliphatic carbocycles. The smallest absolute Gasteiger partial charge is 0.303 e. The molecule has 0 heterocycles. The van der Waals surface area contributed by atoms with Gasteiger partial charge < -0.3 is 16.2 Å². The average molecular weight is 244 g/mol. The van der Waals surface area contributed by atoms with E-state index in [4.69, 9.17) is 10.8 Å². The Labute approximate surface area is 103 Å². The van der Waals surface area contributed by atoms with E-state index in [9.17, 15) is 9.59 Å². The predicted octanol–water partition coefficient (Wildman–Crippen LogP) is 1.12. The molecular weight excluding hydrogens is 220 g/mol. The molecule has 17 heavy (non-hydrogen) atoms. The highest BCUT2D eigenvalue weighted by molar-refractivity contribution is 5.76. The van der Waals surface area contributed by atoms with Crippen LogP contribution in [0.25, 0.3) is 0 Å². The summed E-state index contributed by atoms with van der Waals surface area (Å²) < 4.78 is 0. The Kier molecular flexibility index (Phi) is 8.40. The highest BCUT2D eigenvalue weighted by Crippen LogP contribution is 2.05. The van der Waals surface area contributed by atoms with Crippen molar-refractivity contribution in [2.75, 3.05) is 6.54 Å². The van der Waals surface area contributed by atoms with Crippen LogP contribution in [0.3, 0.4) is 0 Å². The van der Waals surface area contributed by atoms with Gasteiger partial charge in [-0.3, -0.25) is 9.59 Å². The second-order valence-electron chi connectivity index (χ2n) is 4.63. The van der Waals surface area contributed by atoms with Crippen LogP contribution >= 0.6 is 0 Å². The quantitative estimate of drug-likeness (QED) is 0.566. The van der Waals surface area contributed by atoms with Crippen LogP contribution in [0, 0.1) is 5.92 Å². The summed E-state index contributed by atoms with van der Waals surface area (Å²) in [4.78, 5) is 21.8. The van der Waals surface area contributed by atoms with E-state index in [2.05, 4.69) is 5.32 Å². The molecule has 0 radical (unpaired) electrons. The fourth-order valence-electron chi connectivity index (χ4n) is 1.47. The van der Waals surface area contributed by atoms with Crippen molar-refractivity contribution in [3.63, 3.8) is 0 Å². The van der Waals surface area contributed by atoms with Gasteiger partial charge in [-0.2, -0.15) is 0 Å². The van der Waals surface area contributed by atoms with Gasteiger partial charge in [0.15, 0.2) is 0 Å². The van der Waals surface area contributed by atoms with E-state index >= 15 is 0 Å². The molecule has 100 valence electrons. The highest BCUT2D eigenvalue weighted by Gasteiger charge is 2.09. The van der Waals surface area contributed by atoms with Crippen LogP contribution in [0.4, 0.5) is 0 Å². The molecule has 0 aromatic carbocycles. The molecule has 2 atom stereocenters. The SMILES string of the molecule is CC(CN)CCC(=O)NC(C)CCCC(=O)O. The van der Waals surface area contributed by atoms with E-state index in [1.165, 1.54) is 0 Å². The number of carboxylic acid groups (broad SMARTS) is 1. The highest BCUT2D eigenvalue weighted by atomic mass is 16.4. The Morgan fingerprint density at radius 1 is 1.24 bits per heavy atom. The van der Waals surface area contributed by atoms with Crippen LogP contribution in [0.15, 0.2) is 0 Å². The lowest BCUT2D eigenvalue weighted by atomic mass is 10.1. The minimum Gasteiger partial charge on any atom is -0.481 e. The molecule has 0 aromatic heterocycles. The first-order valence-corrected chi connectivity index (χ1v) is 6.17. The van der Waals surface area contributed by atoms with Gasteiger partial charge in [-0.1, -0.05) is 6.92 Å². The molecule has 0 aliphatic heterocycles. The van der Waals surface area contributed by atoms with E-state index in [0.29, 0.717) is 31.7 Å². The zero-order chi connectivity index (χ0) is 13.3. The maximum Gasteiger partial charge on any atom is 0.303 e. The summed E-state index contributed by atoms with van der Waals surface area (Å²) in [6, 6.07) is 0.0371. The third-order valence-electron chi connectivity index (χ3n) is 2.70. The fourth-order valence-corrected chi connectivity index (χ4v) is 1.47. The van der Waals surface area contributed by atoms with Gasteiger partial charge in [0.05, 0.1) is 0 Å². The molecule has 4 N–H and O–H groups in total. The van der Waals surface area contributed by atoms with Crippen molar-refractivity contribution in [1.29, 1.82) is 0 Å². The maximum atomic E-state index is 11.5. The zero-order valence-corrected chi connectivity index (χ0v) is 10.7. The Balaban J connectivity index is 3.62. The molecule has 0 saturated carbocycles. The molecule has 0 fully saturated rings. The van der Waals surface area contributed by atoms with Gasteiger partial charge in [0.25, 0.3) is 0 Å². The summed E-state index contributed by atoms with van der Waals surface area (Å²) in [5.41, 5.74) is 5.47. The van der Waals surface area contributed by atoms with E-state index < -0.39 is 5.97 Å². The Bertz CT molecular complexity index is 244. The van der Waals surface area contributed by atoms with Crippen LogP contribution in [-0.4, -0.2) is 29.6 Å². The van der Waals surface area contributed by atoms with E-state index in [0.717, 1.165) is 6.42 Å². The first-order valence-electron chi connectivity index (χ1n) is 6.17. The van der Waals surface area contributed by atoms with Gasteiger partial charge in [-0.25, -0.2) is 0 Å². The summed E-state index contributed by atoms with van der Waals surface area (Å²) in [6.07, 6.45) is 2.73. The molecule has 0 aromatic rings. The summed E-state index contributed by atoms with van der Waals surface area (Å²) in [7, 11) is 0. The van der Waals surface area contributed by atoms with Crippen molar-refractivity contribution in [2.24, 2.45) is 11.7 Å². The van der Waals surface area contributed by atoms with Crippen LogP contribution in [0.2, 0.25) is 0 Å². The minimum absolute atomic E-state index is 0.0214. The summed E-state index contributed by atoms with van der Waals surface area (Å²) in [5.74, 6) is -0.406. The molecule has 0 aliphatic rings. The van der Waals surface area contributed by atoms with Gasteiger partial charge in [-0.05, 0) is 38.6 Å². The molecule has 0 saturated heterocycles. The predicted molar refractivity (Wildman–Crippen MR) is 66.5 cm³/mol. The largest absolute Gasteiger partial charge is 0.481 e. The second-order valence-corrected chi connectivity index (χ2v) is 4.63. The standard InChI is InChI=1S/C12H24N2O3/c1-9(8-13)6-7-11(15)14-10(2)4-3-5-12(16)17/h9-10H,3-8,13H2,1-2H3,(H,14,15)(H,16,17). The van der Waals surface area contributed by atoms with E-state index in [-0.39, 0.29) is 18.4 Å². The third kappa shape index (κ3) is 9.81. The van der Waals surface area contributed by atoms with Crippen LogP contribution in [-0.2, 0) is 9.59 Å². The maximum absolute atomic E-state index is 11.5. The molecule has 0 rings (SSSR count). The molecule has 1 amide bonds. The number of nitrogens with two attached hydrogens (primary N) is 1. The van der Waals surface area contributed by atoms with Gasteiger partial charge in [-0.15, -0.1) is 0 Å². The topological polar surface area (TPSA) is 92.4 Å². The molecule has 0 spiro atoms. The number of hydrogen-bond donors (Lipinski definition) is 3. The van der Waals surface area contributed by atoms with Crippen molar-refractivity contribution in [1.82, 2.24) is 5.32 Å². The van der Waals surface area contributed by atoms with Crippen molar-refractivity contribution in [3.05, 3.63) is 0 Å². The number of aliphatic carboxylic acids is 1. The number of nitrogens with one attached hydrogen (secondary N) is 1. The van der Waals surface area contributed by atoms with Crippen molar-refractivity contribution >= 4 is 11.9 Å². The van der Waals surface area contributed by atoms with Crippen LogP contribution in [0.1, 0.15) is 46.0 Å². The number of carbonyl (C=O) groups excluding carboxylic acids is 1. The lowest BCUT2D eigenvalue weighted by Gasteiger charge is -2.14. The average Bonchev–Trinajstić information content (AvgIpc) is 2.25. The summed E-state index contributed by atoms with van der Waals surface area (Å²) in [5, 5.41) is 11.3. The monoisotopic (exact) mass is 244 g/mol. The van der Waals surface area contributed by atoms with E-state index in [1.807, 2.05) is 13.8 Å². The number of amides is 1. The van der Waals surface area contributed by atoms with Gasteiger partial charge in [0.1, 0.15) is 0 Å².